The van der Waals surface area contributed by atoms with Crippen LogP contribution in [0.25, 0.3) is 6.08 Å². The molecule has 2 N–H and O–H groups in total. The highest BCUT2D eigenvalue weighted by Crippen LogP contribution is 2.37. The minimum Gasteiger partial charge on any atom is -0.504 e. The second-order valence-corrected chi connectivity index (χ2v) is 6.67. The van der Waals surface area contributed by atoms with E-state index >= 15 is 0 Å². The summed E-state index contributed by atoms with van der Waals surface area (Å²) in [6.45, 7) is 2.12. The first kappa shape index (κ1) is 19.8. The normalized spacial score (nSPS) is 17.2. The summed E-state index contributed by atoms with van der Waals surface area (Å²) in [6, 6.07) is 9.47. The van der Waals surface area contributed by atoms with Crippen LogP contribution in [0.4, 0.5) is 23.7 Å². The largest absolute Gasteiger partial charge is 0.504 e. The van der Waals surface area contributed by atoms with Crippen molar-refractivity contribution >= 4 is 34.6 Å². The maximum absolute atomic E-state index is 13.2. The first-order chi connectivity index (χ1) is 13.3. The van der Waals surface area contributed by atoms with Crippen LogP contribution in [0.5, 0.6) is 11.5 Å². The van der Waals surface area contributed by atoms with E-state index in [1.165, 1.54) is 24.3 Å². The van der Waals surface area contributed by atoms with Crippen molar-refractivity contribution in [2.75, 3.05) is 6.61 Å². The lowest BCUT2D eigenvalue weighted by Gasteiger charge is -2.10. The number of hydrogen-bond donors (Lipinski definition) is 2. The van der Waals surface area contributed by atoms with Crippen molar-refractivity contribution < 1.29 is 27.8 Å². The lowest BCUT2D eigenvalue weighted by atomic mass is 10.1. The lowest BCUT2D eigenvalue weighted by molar-refractivity contribution is -0.137. The molecule has 1 aliphatic rings. The van der Waals surface area contributed by atoms with Crippen LogP contribution in [0.15, 0.2) is 52.4 Å². The molecule has 0 unspecified atom stereocenters. The SMILES string of the molecule is CCOc1cc(/C=C2\SC(=O)NC2=Nc2ccccc2C(F)(F)F)ccc1O. The molecule has 0 aliphatic carbocycles. The number of halogens is 3. The molecule has 0 aromatic heterocycles. The van der Waals surface area contributed by atoms with Gasteiger partial charge in [-0.2, -0.15) is 13.2 Å². The van der Waals surface area contributed by atoms with E-state index in [2.05, 4.69) is 10.3 Å². The van der Waals surface area contributed by atoms with Crippen LogP contribution in [0.3, 0.4) is 0 Å². The van der Waals surface area contributed by atoms with Gasteiger partial charge in [0.15, 0.2) is 11.5 Å². The molecule has 0 saturated carbocycles. The van der Waals surface area contributed by atoms with Crippen LogP contribution in [0, 0.1) is 0 Å². The van der Waals surface area contributed by atoms with Crippen molar-refractivity contribution in [3.05, 3.63) is 58.5 Å². The van der Waals surface area contributed by atoms with Crippen LogP contribution in [0.2, 0.25) is 0 Å². The molecule has 0 bridgehead atoms. The van der Waals surface area contributed by atoms with Crippen molar-refractivity contribution in [2.24, 2.45) is 4.99 Å². The Bertz CT molecular complexity index is 971. The van der Waals surface area contributed by atoms with E-state index in [0.717, 1.165) is 17.8 Å². The molecule has 3 rings (SSSR count). The number of nitrogens with one attached hydrogen (secondary N) is 1. The molecule has 0 spiro atoms. The molecule has 1 fully saturated rings. The number of aliphatic imine (C=N–C) groups is 1. The van der Waals surface area contributed by atoms with E-state index in [9.17, 15) is 23.1 Å². The van der Waals surface area contributed by atoms with Crippen LogP contribution >= 0.6 is 11.8 Å². The number of hydrogen-bond acceptors (Lipinski definition) is 5. The molecule has 2 aromatic carbocycles. The zero-order valence-corrected chi connectivity index (χ0v) is 15.4. The summed E-state index contributed by atoms with van der Waals surface area (Å²) < 4.78 is 44.9. The molecule has 5 nitrogen and oxygen atoms in total. The van der Waals surface area contributed by atoms with Crippen LogP contribution in [-0.4, -0.2) is 22.8 Å². The number of aromatic hydroxyl groups is 1. The number of carbonyl (C=O) groups excluding carboxylic acids is 1. The summed E-state index contributed by atoms with van der Waals surface area (Å²) >= 11 is 0.820. The highest BCUT2D eigenvalue weighted by atomic mass is 32.2. The number of amides is 1. The van der Waals surface area contributed by atoms with Gasteiger partial charge in [-0.3, -0.25) is 4.79 Å². The second-order valence-electron chi connectivity index (χ2n) is 5.66. The Hall–Kier alpha value is -2.94. The van der Waals surface area contributed by atoms with E-state index in [-0.39, 0.29) is 23.0 Å². The van der Waals surface area contributed by atoms with Crippen molar-refractivity contribution in [1.82, 2.24) is 5.32 Å². The Morgan fingerprint density at radius 3 is 2.71 bits per heavy atom. The average Bonchev–Trinajstić information content (AvgIpc) is 2.96. The van der Waals surface area contributed by atoms with Crippen LogP contribution in [0.1, 0.15) is 18.1 Å². The van der Waals surface area contributed by atoms with E-state index in [1.807, 2.05) is 0 Å². The highest BCUT2D eigenvalue weighted by molar-refractivity contribution is 8.18. The Morgan fingerprint density at radius 2 is 2.00 bits per heavy atom. The molecule has 28 heavy (non-hydrogen) atoms. The Kier molecular flexibility index (Phi) is 5.64. The fourth-order valence-electron chi connectivity index (χ4n) is 2.49. The second kappa shape index (κ2) is 7.97. The van der Waals surface area contributed by atoms with Gasteiger partial charge >= 0.3 is 6.18 Å². The molecule has 1 amide bonds. The number of alkyl halides is 3. The standard InChI is InChI=1S/C19H15F3N2O3S/c1-2-27-15-9-11(7-8-14(15)25)10-16-17(24-18(26)28-16)23-13-6-4-3-5-12(13)19(20,21)22/h3-10,25H,2H2,1H3,(H,23,24,26)/b16-10-. The number of carbonyl (C=O) groups is 1. The molecule has 0 atom stereocenters. The summed E-state index contributed by atoms with van der Waals surface area (Å²) in [6.07, 6.45) is -2.98. The predicted octanol–water partition coefficient (Wildman–Crippen LogP) is 5.34. The van der Waals surface area contributed by atoms with Crippen molar-refractivity contribution in [3.63, 3.8) is 0 Å². The summed E-state index contributed by atoms with van der Waals surface area (Å²) in [7, 11) is 0. The minimum atomic E-state index is -4.57. The summed E-state index contributed by atoms with van der Waals surface area (Å²) in [5.74, 6) is 0.253. The number of rotatable bonds is 4. The quantitative estimate of drug-likeness (QED) is 0.717. The molecule has 2 aromatic rings. The number of nitrogens with zero attached hydrogens (tertiary/aromatic N) is 1. The molecular weight excluding hydrogens is 393 g/mol. The number of amidine groups is 1. The lowest BCUT2D eigenvalue weighted by Crippen LogP contribution is -2.19. The van der Waals surface area contributed by atoms with Gasteiger partial charge in [0.25, 0.3) is 5.24 Å². The van der Waals surface area contributed by atoms with E-state index in [0.29, 0.717) is 17.1 Å². The van der Waals surface area contributed by atoms with E-state index in [1.54, 1.807) is 25.1 Å². The molecule has 1 saturated heterocycles. The van der Waals surface area contributed by atoms with Gasteiger partial charge < -0.3 is 15.2 Å². The summed E-state index contributed by atoms with van der Waals surface area (Å²) in [5, 5.41) is 11.8. The molecule has 146 valence electrons. The molecule has 9 heteroatoms. The van der Waals surface area contributed by atoms with Gasteiger partial charge in [-0.05, 0) is 54.6 Å². The van der Waals surface area contributed by atoms with Gasteiger partial charge in [0, 0.05) is 0 Å². The van der Waals surface area contributed by atoms with E-state index in [4.69, 9.17) is 4.74 Å². The zero-order chi connectivity index (χ0) is 20.3. The highest BCUT2D eigenvalue weighted by Gasteiger charge is 2.34. The maximum atomic E-state index is 13.2. The summed E-state index contributed by atoms with van der Waals surface area (Å²) in [5.41, 5.74) is -0.590. The Labute approximate surface area is 162 Å². The fraction of sp³-hybridized carbons (Fsp3) is 0.158. The van der Waals surface area contributed by atoms with Gasteiger partial charge in [-0.15, -0.1) is 0 Å². The number of para-hydroxylation sites is 1. The zero-order valence-electron chi connectivity index (χ0n) is 14.6. The first-order valence-corrected chi connectivity index (χ1v) is 9.01. The molecular formula is C19H15F3N2O3S. The third-order valence-electron chi connectivity index (χ3n) is 3.68. The van der Waals surface area contributed by atoms with Crippen LogP contribution < -0.4 is 10.1 Å². The number of phenolic OH excluding ortho intramolecular Hbond substituents is 1. The van der Waals surface area contributed by atoms with Gasteiger partial charge in [0.2, 0.25) is 0 Å². The average molecular weight is 408 g/mol. The number of thioether (sulfide) groups is 1. The smallest absolute Gasteiger partial charge is 0.418 e. The van der Waals surface area contributed by atoms with Gasteiger partial charge in [-0.1, -0.05) is 18.2 Å². The van der Waals surface area contributed by atoms with E-state index < -0.39 is 17.0 Å². The molecule has 1 aliphatic heterocycles. The Balaban J connectivity index is 2.01. The summed E-state index contributed by atoms with van der Waals surface area (Å²) in [4.78, 5) is 16.2. The van der Waals surface area contributed by atoms with Crippen LogP contribution in [-0.2, 0) is 6.18 Å². The first-order valence-electron chi connectivity index (χ1n) is 8.19. The maximum Gasteiger partial charge on any atom is 0.418 e. The number of phenols is 1. The van der Waals surface area contributed by atoms with Gasteiger partial charge in [0.1, 0.15) is 5.84 Å². The third kappa shape index (κ3) is 4.48. The molecule has 1 heterocycles. The third-order valence-corrected chi connectivity index (χ3v) is 4.50. The number of ether oxygens (including phenoxy) is 1. The number of benzene rings is 2. The van der Waals surface area contributed by atoms with Gasteiger partial charge in [-0.25, -0.2) is 4.99 Å². The fourth-order valence-corrected chi connectivity index (χ4v) is 3.22. The van der Waals surface area contributed by atoms with Crippen molar-refractivity contribution in [3.8, 4) is 11.5 Å². The van der Waals surface area contributed by atoms with Crippen molar-refractivity contribution in [2.45, 2.75) is 13.1 Å². The molecule has 0 radical (unpaired) electrons. The topological polar surface area (TPSA) is 70.9 Å². The Morgan fingerprint density at radius 1 is 1.25 bits per heavy atom. The van der Waals surface area contributed by atoms with Crippen molar-refractivity contribution in [1.29, 1.82) is 0 Å². The minimum absolute atomic E-state index is 0.0257. The predicted molar refractivity (Wildman–Crippen MR) is 102 cm³/mol. The monoisotopic (exact) mass is 408 g/mol. The van der Waals surface area contributed by atoms with Gasteiger partial charge in [0.05, 0.1) is 22.8 Å².